The molecule has 206 valence electrons. The standard InChI is InChI=1S/C29H32N8O3/c1-35-27-25(16-30-35)28(37-17-23-10-11-24(18-37)40-23)34-26(33-27)19-2-4-20(5-3-19)31-29(38)32-21-6-8-22(9-7-21)36-12-14-39-15-13-36/h2-9,16,23-24H,10-15,17-18H2,1H3,(H2,31,32,38). The second-order valence-corrected chi connectivity index (χ2v) is 10.5. The maximum Gasteiger partial charge on any atom is 0.323 e. The van der Waals surface area contributed by atoms with Crippen LogP contribution in [0.2, 0.25) is 0 Å². The summed E-state index contributed by atoms with van der Waals surface area (Å²) in [5, 5.41) is 11.2. The Bertz CT molecular complexity index is 1500. The summed E-state index contributed by atoms with van der Waals surface area (Å²) in [5.41, 5.74) is 4.19. The molecule has 3 aliphatic rings. The van der Waals surface area contributed by atoms with Crippen LogP contribution >= 0.6 is 0 Å². The molecule has 2 aromatic carbocycles. The SMILES string of the molecule is Cn1ncc2c(N3CC4CCC(C3)O4)nc(-c3ccc(NC(=O)Nc4ccc(N5CCOCC5)cc4)cc3)nc21. The number of aryl methyl sites for hydroxylation is 1. The van der Waals surface area contributed by atoms with Crippen LogP contribution in [-0.2, 0) is 16.5 Å². The molecule has 7 rings (SSSR count). The summed E-state index contributed by atoms with van der Waals surface area (Å²) in [4.78, 5) is 27.1. The van der Waals surface area contributed by atoms with Crippen LogP contribution in [0, 0.1) is 0 Å². The second kappa shape index (κ2) is 10.4. The Labute approximate surface area is 232 Å². The third-order valence-corrected chi connectivity index (χ3v) is 7.82. The molecule has 11 heteroatoms. The first kappa shape index (κ1) is 24.8. The first-order chi connectivity index (χ1) is 19.6. The van der Waals surface area contributed by atoms with Crippen molar-refractivity contribution in [2.75, 3.05) is 59.8 Å². The third kappa shape index (κ3) is 4.93. The normalized spacial score (nSPS) is 20.6. The molecule has 3 saturated heterocycles. The smallest absolute Gasteiger partial charge is 0.323 e. The van der Waals surface area contributed by atoms with E-state index in [2.05, 4.69) is 25.5 Å². The fourth-order valence-electron chi connectivity index (χ4n) is 5.74. The summed E-state index contributed by atoms with van der Waals surface area (Å²) in [6, 6.07) is 15.1. The van der Waals surface area contributed by atoms with E-state index in [0.717, 1.165) is 86.0 Å². The van der Waals surface area contributed by atoms with Crippen LogP contribution in [0.25, 0.3) is 22.4 Å². The number of hydrogen-bond donors (Lipinski definition) is 2. The van der Waals surface area contributed by atoms with Crippen LogP contribution in [0.3, 0.4) is 0 Å². The van der Waals surface area contributed by atoms with Gasteiger partial charge in [-0.3, -0.25) is 4.68 Å². The summed E-state index contributed by atoms with van der Waals surface area (Å²) in [5.74, 6) is 1.52. The highest BCUT2D eigenvalue weighted by Gasteiger charge is 2.35. The van der Waals surface area contributed by atoms with Crippen molar-refractivity contribution in [2.24, 2.45) is 7.05 Å². The number of urea groups is 1. The van der Waals surface area contributed by atoms with E-state index in [4.69, 9.17) is 19.4 Å². The minimum atomic E-state index is -0.302. The fraction of sp³-hybridized carbons (Fsp3) is 0.379. The number of nitrogens with one attached hydrogen (secondary N) is 2. The minimum absolute atomic E-state index is 0.253. The number of amides is 2. The topological polar surface area (TPSA) is 110 Å². The molecule has 0 spiro atoms. The molecule has 0 radical (unpaired) electrons. The molecule has 2 aromatic heterocycles. The van der Waals surface area contributed by atoms with Crippen molar-refractivity contribution in [1.82, 2.24) is 19.7 Å². The summed E-state index contributed by atoms with van der Waals surface area (Å²) in [6.07, 6.45) is 4.54. The molecule has 0 aliphatic carbocycles. The highest BCUT2D eigenvalue weighted by atomic mass is 16.5. The van der Waals surface area contributed by atoms with Crippen LogP contribution in [0.15, 0.2) is 54.7 Å². The van der Waals surface area contributed by atoms with Crippen LogP contribution < -0.4 is 20.4 Å². The molecule has 2 unspecified atom stereocenters. The van der Waals surface area contributed by atoms with Gasteiger partial charge in [0.2, 0.25) is 0 Å². The Hall–Kier alpha value is -4.22. The summed E-state index contributed by atoms with van der Waals surface area (Å²) < 4.78 is 13.2. The Morgan fingerprint density at radius 3 is 2.20 bits per heavy atom. The van der Waals surface area contributed by atoms with Gasteiger partial charge in [0.25, 0.3) is 0 Å². The third-order valence-electron chi connectivity index (χ3n) is 7.82. The van der Waals surface area contributed by atoms with Gasteiger partial charge < -0.3 is 29.9 Å². The van der Waals surface area contributed by atoms with Gasteiger partial charge in [0.15, 0.2) is 11.5 Å². The molecule has 2 atom stereocenters. The van der Waals surface area contributed by atoms with E-state index in [1.807, 2.05) is 61.8 Å². The number of hydrogen-bond acceptors (Lipinski definition) is 8. The minimum Gasteiger partial charge on any atom is -0.378 e. The van der Waals surface area contributed by atoms with E-state index in [1.165, 1.54) is 0 Å². The van der Waals surface area contributed by atoms with Crippen molar-refractivity contribution in [3.05, 3.63) is 54.7 Å². The number of carbonyl (C=O) groups is 1. The highest BCUT2D eigenvalue weighted by molar-refractivity contribution is 6.00. The molecule has 5 heterocycles. The summed E-state index contributed by atoms with van der Waals surface area (Å²) in [7, 11) is 1.90. The van der Waals surface area contributed by atoms with Gasteiger partial charge in [-0.1, -0.05) is 0 Å². The summed E-state index contributed by atoms with van der Waals surface area (Å²) >= 11 is 0. The molecule has 4 aromatic rings. The molecular weight excluding hydrogens is 508 g/mol. The molecule has 2 bridgehead atoms. The number of ether oxygens (including phenoxy) is 2. The molecule has 11 nitrogen and oxygen atoms in total. The zero-order valence-electron chi connectivity index (χ0n) is 22.4. The zero-order valence-corrected chi connectivity index (χ0v) is 22.4. The first-order valence-electron chi connectivity index (χ1n) is 13.8. The van der Waals surface area contributed by atoms with E-state index in [1.54, 1.807) is 4.68 Å². The lowest BCUT2D eigenvalue weighted by atomic mass is 10.2. The van der Waals surface area contributed by atoms with E-state index in [-0.39, 0.29) is 18.2 Å². The lowest BCUT2D eigenvalue weighted by molar-refractivity contribution is 0.0303. The number of benzene rings is 2. The Balaban J connectivity index is 1.05. The van der Waals surface area contributed by atoms with Gasteiger partial charge in [-0.2, -0.15) is 5.10 Å². The maximum atomic E-state index is 12.7. The average Bonchev–Trinajstić information content (AvgIpc) is 3.54. The number of rotatable bonds is 5. The molecule has 0 saturated carbocycles. The molecule has 3 aliphatic heterocycles. The molecule has 40 heavy (non-hydrogen) atoms. The average molecular weight is 541 g/mol. The number of nitrogens with zero attached hydrogens (tertiary/aromatic N) is 6. The second-order valence-electron chi connectivity index (χ2n) is 10.5. The Kier molecular flexibility index (Phi) is 6.45. The molecule has 3 fully saturated rings. The lowest BCUT2D eigenvalue weighted by Gasteiger charge is -2.33. The highest BCUT2D eigenvalue weighted by Crippen LogP contribution is 2.33. The predicted octanol–water partition coefficient (Wildman–Crippen LogP) is 3.88. The summed E-state index contributed by atoms with van der Waals surface area (Å²) in [6.45, 7) is 4.87. The van der Waals surface area contributed by atoms with Crippen molar-refractivity contribution in [3.63, 3.8) is 0 Å². The quantitative estimate of drug-likeness (QED) is 0.393. The van der Waals surface area contributed by atoms with Gasteiger partial charge in [0, 0.05) is 55.9 Å². The van der Waals surface area contributed by atoms with Gasteiger partial charge >= 0.3 is 6.03 Å². The van der Waals surface area contributed by atoms with Gasteiger partial charge in [0.05, 0.1) is 37.0 Å². The monoisotopic (exact) mass is 540 g/mol. The van der Waals surface area contributed by atoms with Gasteiger partial charge in [0.1, 0.15) is 5.82 Å². The van der Waals surface area contributed by atoms with E-state index in [9.17, 15) is 4.79 Å². The van der Waals surface area contributed by atoms with Crippen molar-refractivity contribution in [3.8, 4) is 11.4 Å². The van der Waals surface area contributed by atoms with Crippen molar-refractivity contribution < 1.29 is 14.3 Å². The Morgan fingerprint density at radius 2 is 1.52 bits per heavy atom. The van der Waals surface area contributed by atoms with Crippen LogP contribution in [0.1, 0.15) is 12.8 Å². The lowest BCUT2D eigenvalue weighted by Crippen LogP contribution is -2.43. The van der Waals surface area contributed by atoms with Crippen molar-refractivity contribution >= 4 is 39.9 Å². The predicted molar refractivity (Wildman–Crippen MR) is 154 cm³/mol. The number of aromatic nitrogens is 4. The molecular formula is C29H32N8O3. The first-order valence-corrected chi connectivity index (χ1v) is 13.8. The van der Waals surface area contributed by atoms with Crippen molar-refractivity contribution in [1.29, 1.82) is 0 Å². The van der Waals surface area contributed by atoms with Gasteiger partial charge in [-0.05, 0) is 61.4 Å². The van der Waals surface area contributed by atoms with Crippen LogP contribution in [-0.4, -0.2) is 77.4 Å². The number of morpholine rings is 2. The van der Waals surface area contributed by atoms with Crippen molar-refractivity contribution in [2.45, 2.75) is 25.0 Å². The number of carbonyl (C=O) groups excluding carboxylic acids is 1. The van der Waals surface area contributed by atoms with Crippen LogP contribution in [0.4, 0.5) is 27.7 Å². The van der Waals surface area contributed by atoms with E-state index in [0.29, 0.717) is 11.5 Å². The zero-order chi connectivity index (χ0) is 27.1. The fourth-order valence-corrected chi connectivity index (χ4v) is 5.74. The van der Waals surface area contributed by atoms with Gasteiger partial charge in [-0.25, -0.2) is 14.8 Å². The maximum absolute atomic E-state index is 12.7. The van der Waals surface area contributed by atoms with Crippen LogP contribution in [0.5, 0.6) is 0 Å². The van der Waals surface area contributed by atoms with E-state index < -0.39 is 0 Å². The molecule has 2 N–H and O–H groups in total. The molecule has 2 amide bonds. The largest absolute Gasteiger partial charge is 0.378 e. The van der Waals surface area contributed by atoms with Gasteiger partial charge in [-0.15, -0.1) is 0 Å². The number of fused-ring (bicyclic) bond motifs is 3. The van der Waals surface area contributed by atoms with E-state index >= 15 is 0 Å². The Morgan fingerprint density at radius 1 is 0.875 bits per heavy atom. The number of anilines is 4.